The fourth-order valence-electron chi connectivity index (χ4n) is 8.80. The molecule has 20 heteroatoms. The predicted molar refractivity (Wildman–Crippen MR) is 394 cm³/mol. The van der Waals surface area contributed by atoms with E-state index in [0.717, 1.165) is 79.5 Å². The molecule has 0 aliphatic carbocycles. The second kappa shape index (κ2) is 39.3. The van der Waals surface area contributed by atoms with Crippen LogP contribution in [0.2, 0.25) is 0 Å². The zero-order valence-corrected chi connectivity index (χ0v) is 66.3. The number of furan rings is 1. The number of aromatic nitrogens is 3. The van der Waals surface area contributed by atoms with E-state index in [2.05, 4.69) is 74.3 Å². The van der Waals surface area contributed by atoms with Crippen molar-refractivity contribution in [2.75, 3.05) is 42.3 Å². The molecule has 0 aliphatic heterocycles. The quantitative estimate of drug-likeness (QED) is 0.0573. The summed E-state index contributed by atoms with van der Waals surface area (Å²) in [5.74, 6) is 2.00. The summed E-state index contributed by atoms with van der Waals surface area (Å²) >= 11 is 6.82. The zero-order chi connectivity index (χ0) is 72.3. The third-order valence-corrected chi connectivity index (χ3v) is 21.3. The minimum atomic E-state index is -0.290. The first-order valence-corrected chi connectivity index (χ1v) is 36.4. The van der Waals surface area contributed by atoms with Crippen LogP contribution < -0.4 is 0 Å². The fourth-order valence-corrected chi connectivity index (χ4v) is 12.3. The van der Waals surface area contributed by atoms with Crippen molar-refractivity contribution in [3.05, 3.63) is 124 Å². The van der Waals surface area contributed by atoms with Gasteiger partial charge in [0, 0.05) is 119 Å². The summed E-state index contributed by atoms with van der Waals surface area (Å²) in [4.78, 5) is 93.7. The van der Waals surface area contributed by atoms with E-state index < -0.39 is 0 Å². The van der Waals surface area contributed by atoms with E-state index in [1.807, 2.05) is 217 Å². The molecule has 0 radical (unpaired) electrons. The van der Waals surface area contributed by atoms with Crippen molar-refractivity contribution in [1.82, 2.24) is 44.2 Å². The van der Waals surface area contributed by atoms with Gasteiger partial charge in [-0.1, -0.05) is 131 Å². The number of carbonyl (C=O) groups is 6. The molecule has 0 aliphatic rings. The SMILES string of the molecule is CCC(C)(C)C(=O)N(C)Cc1ccc(C)s1.CCC(C)(C)C(=O)N(C)Cc1ccco1.CCC(C)(C)C(=O)N(C)Cc1cccs1.CCC(C)(C)C(=O)N(C)Cc1ccn(C)n1.CCC(C)(C)C(=O)N(C)Cc1cnc(C)s1.CCC(C)(C)C(=O)N(C)Cc1sccc1C. The topological polar surface area (TPSA) is 166 Å². The Kier molecular flexibility index (Phi) is 36.0. The number of thiophene rings is 3. The molecule has 6 heterocycles. The highest BCUT2D eigenvalue weighted by Crippen LogP contribution is 2.30. The van der Waals surface area contributed by atoms with Crippen molar-refractivity contribution in [1.29, 1.82) is 0 Å². The lowest BCUT2D eigenvalue weighted by Crippen LogP contribution is -2.37. The Balaban J connectivity index is 0.000000564. The van der Waals surface area contributed by atoms with Gasteiger partial charge in [-0.3, -0.25) is 33.4 Å². The summed E-state index contributed by atoms with van der Waals surface area (Å²) in [6.07, 6.45) is 10.5. The summed E-state index contributed by atoms with van der Waals surface area (Å²) in [7, 11) is 13.0. The minimum absolute atomic E-state index is 0.154. The molecule has 0 saturated carbocycles. The molecular weight excluding hydrogens is 1260 g/mol. The molecule has 528 valence electrons. The molecule has 6 rings (SSSR count). The molecule has 6 aromatic rings. The number of hydrogen-bond acceptors (Lipinski definition) is 13. The van der Waals surface area contributed by atoms with Crippen LogP contribution >= 0.6 is 45.3 Å². The van der Waals surface area contributed by atoms with Gasteiger partial charge in [-0.25, -0.2) is 4.98 Å². The number of aryl methyl sites for hydroxylation is 4. The van der Waals surface area contributed by atoms with Crippen molar-refractivity contribution >= 4 is 80.8 Å². The van der Waals surface area contributed by atoms with E-state index in [4.69, 9.17) is 4.42 Å². The zero-order valence-electron chi connectivity index (χ0n) is 63.0. The number of nitrogens with zero attached hydrogens (tertiary/aromatic N) is 9. The van der Waals surface area contributed by atoms with Crippen LogP contribution in [0.3, 0.4) is 0 Å². The first kappa shape index (κ1) is 86.1. The molecule has 0 bridgehead atoms. The number of hydrogen-bond donors (Lipinski definition) is 0. The Morgan fingerprint density at radius 1 is 0.447 bits per heavy atom. The van der Waals surface area contributed by atoms with Gasteiger partial charge in [-0.15, -0.1) is 45.3 Å². The van der Waals surface area contributed by atoms with Crippen LogP contribution in [-0.4, -0.2) is 122 Å². The summed E-state index contributed by atoms with van der Waals surface area (Å²) in [6.45, 7) is 46.3. The number of rotatable bonds is 24. The molecule has 94 heavy (non-hydrogen) atoms. The van der Waals surface area contributed by atoms with Gasteiger partial charge in [0.15, 0.2) is 0 Å². The highest BCUT2D eigenvalue weighted by Gasteiger charge is 2.33. The Hall–Kier alpha value is -5.96. The lowest BCUT2D eigenvalue weighted by atomic mass is 9.88. The molecule has 6 aromatic heterocycles. The van der Waals surface area contributed by atoms with Crippen LogP contribution in [0.15, 0.2) is 82.4 Å². The lowest BCUT2D eigenvalue weighted by Gasteiger charge is -2.28. The normalized spacial score (nSPS) is 11.5. The molecule has 6 amide bonds. The van der Waals surface area contributed by atoms with Crippen molar-refractivity contribution in [3.8, 4) is 0 Å². The van der Waals surface area contributed by atoms with E-state index >= 15 is 0 Å². The largest absolute Gasteiger partial charge is 0.467 e. The van der Waals surface area contributed by atoms with Gasteiger partial charge in [0.05, 0.1) is 56.2 Å². The van der Waals surface area contributed by atoms with Gasteiger partial charge in [0.1, 0.15) is 5.76 Å². The van der Waals surface area contributed by atoms with Gasteiger partial charge < -0.3 is 33.8 Å². The standard InChI is InChI=1S/2C13H21NOS.C12H21N3O.C12H20N2OS.C12H19NO2.C12H19NOS/c1-6-13(3,4)12(15)14(5)9-11-10(2)7-8-16-11;1-6-13(3,4)12(15)14(5)9-11-8-7-10(2)16-11;1-6-12(2,3)11(16)14(4)9-10-7-8-15(5)13-10;1-6-12(3,4)11(15)14(5)8-10-7-13-9(2)16-10;2*1-5-12(2,3)11(14)13(4)9-10-7-6-8-15-10/h3*7-8H,6,9H2,1-5H3;7H,6,8H2,1-5H3;2*6-8H,5,9H2,1-4H3. The van der Waals surface area contributed by atoms with Gasteiger partial charge in [0.2, 0.25) is 35.4 Å². The maximum absolute atomic E-state index is 12.2. The van der Waals surface area contributed by atoms with Crippen molar-refractivity contribution in [2.24, 2.45) is 39.5 Å². The number of carbonyl (C=O) groups excluding carboxylic acids is 6. The number of amides is 6. The van der Waals surface area contributed by atoms with E-state index in [-0.39, 0.29) is 67.9 Å². The monoisotopic (exact) mass is 1380 g/mol. The summed E-state index contributed by atoms with van der Waals surface area (Å²) in [5, 5.41) is 9.43. The average Bonchev–Trinajstić information content (AvgIpc) is 1.61. The van der Waals surface area contributed by atoms with Crippen LogP contribution in [0.4, 0.5) is 0 Å². The summed E-state index contributed by atoms with van der Waals surface area (Å²) in [6, 6.07) is 16.0. The molecule has 0 unspecified atom stereocenters. The molecule has 0 spiro atoms. The third kappa shape index (κ3) is 28.8. The Morgan fingerprint density at radius 2 is 0.851 bits per heavy atom. The first-order valence-electron chi connectivity index (χ1n) is 33.0. The molecule has 0 aromatic carbocycles. The van der Waals surface area contributed by atoms with Crippen LogP contribution in [0.1, 0.15) is 210 Å². The second-order valence-electron chi connectivity index (χ2n) is 28.4. The van der Waals surface area contributed by atoms with Crippen LogP contribution in [0.25, 0.3) is 0 Å². The first-order chi connectivity index (χ1) is 43.4. The molecule has 0 fully saturated rings. The van der Waals surface area contributed by atoms with Gasteiger partial charge >= 0.3 is 0 Å². The lowest BCUT2D eigenvalue weighted by molar-refractivity contribution is -0.140. The maximum Gasteiger partial charge on any atom is 0.228 e. The fraction of sp³-hybridized carbons (Fsp3) is 0.622. The molecule has 16 nitrogen and oxygen atoms in total. The minimum Gasteiger partial charge on any atom is -0.467 e. The molecular formula is C74H121N9O7S4. The van der Waals surface area contributed by atoms with E-state index in [0.29, 0.717) is 19.6 Å². The Bertz CT molecular complexity index is 2960. The van der Waals surface area contributed by atoms with Crippen molar-refractivity contribution in [3.63, 3.8) is 0 Å². The average molecular weight is 1380 g/mol. The summed E-state index contributed by atoms with van der Waals surface area (Å²) in [5.41, 5.74) is 0.607. The molecule has 0 atom stereocenters. The van der Waals surface area contributed by atoms with Crippen molar-refractivity contribution < 1.29 is 33.2 Å². The number of thiazole rings is 1. The molecule has 0 N–H and O–H groups in total. The highest BCUT2D eigenvalue weighted by atomic mass is 32.1. The third-order valence-electron chi connectivity index (χ3n) is 17.6. The van der Waals surface area contributed by atoms with E-state index in [1.165, 1.54) is 25.1 Å². The highest BCUT2D eigenvalue weighted by molar-refractivity contribution is 7.12. The van der Waals surface area contributed by atoms with E-state index in [1.54, 1.807) is 71.0 Å². The van der Waals surface area contributed by atoms with Crippen molar-refractivity contribution in [2.45, 2.75) is 223 Å². The van der Waals surface area contributed by atoms with Crippen LogP contribution in [0, 0.1) is 53.3 Å². The van der Waals surface area contributed by atoms with Crippen LogP contribution in [-0.2, 0) is 75.1 Å². The van der Waals surface area contributed by atoms with Gasteiger partial charge in [-0.05, 0) is 118 Å². The Labute approximate surface area is 583 Å². The Morgan fingerprint density at radius 3 is 1.17 bits per heavy atom. The van der Waals surface area contributed by atoms with Crippen LogP contribution in [0.5, 0.6) is 0 Å². The smallest absolute Gasteiger partial charge is 0.228 e. The summed E-state index contributed by atoms with van der Waals surface area (Å²) < 4.78 is 6.96. The van der Waals surface area contributed by atoms with E-state index in [9.17, 15) is 28.8 Å². The van der Waals surface area contributed by atoms with Gasteiger partial charge in [0.25, 0.3) is 0 Å². The maximum atomic E-state index is 12.2. The predicted octanol–water partition coefficient (Wildman–Crippen LogP) is 17.4. The molecule has 0 saturated heterocycles. The van der Waals surface area contributed by atoms with Gasteiger partial charge in [-0.2, -0.15) is 5.10 Å². The second-order valence-corrected chi connectivity index (χ2v) is 33.1.